The average molecular weight is 317 g/mol. The molecule has 0 bridgehead atoms. The van der Waals surface area contributed by atoms with Gasteiger partial charge in [-0.15, -0.1) is 5.10 Å². The van der Waals surface area contributed by atoms with Gasteiger partial charge in [-0.1, -0.05) is 54.1 Å². The third kappa shape index (κ3) is 2.33. The largest absolute Gasteiger partial charge is 0.479 e. The smallest absolute Gasteiger partial charge is 0.337 e. The molecule has 112 valence electrons. The standard InChI is InChI=1S/C15H13ClN4O2/c16-11-8-4-5-9-12(11)19-13(10-6-2-1-3-7-10)20(14(17)21)18-15(19)22/h1-9,13H,(H2,17,21)(H,18,22). The number of benzene rings is 2. The number of carbonyl (C=O) groups excluding carboxylic acids is 1. The lowest BCUT2D eigenvalue weighted by atomic mass is 10.1. The van der Waals surface area contributed by atoms with Crippen LogP contribution in [0, 0.1) is 0 Å². The summed E-state index contributed by atoms with van der Waals surface area (Å²) in [6.45, 7) is 0. The fraction of sp³-hybridized carbons (Fsp3) is 0.0667. The Kier molecular flexibility index (Phi) is 3.60. The van der Waals surface area contributed by atoms with Crippen molar-refractivity contribution in [1.82, 2.24) is 5.01 Å². The van der Waals surface area contributed by atoms with Gasteiger partial charge < -0.3 is 10.8 Å². The van der Waals surface area contributed by atoms with Crippen molar-refractivity contribution >= 4 is 29.3 Å². The lowest BCUT2D eigenvalue weighted by Crippen LogP contribution is -2.39. The first-order valence-electron chi connectivity index (χ1n) is 6.54. The lowest BCUT2D eigenvalue weighted by molar-refractivity contribution is 0.196. The van der Waals surface area contributed by atoms with Crippen LogP contribution in [0.15, 0.2) is 59.7 Å². The van der Waals surface area contributed by atoms with Crippen molar-refractivity contribution in [2.75, 3.05) is 4.90 Å². The van der Waals surface area contributed by atoms with Crippen LogP contribution in [-0.4, -0.2) is 22.2 Å². The van der Waals surface area contributed by atoms with Gasteiger partial charge in [0.25, 0.3) is 0 Å². The van der Waals surface area contributed by atoms with Crippen LogP contribution in [0.4, 0.5) is 10.5 Å². The van der Waals surface area contributed by atoms with E-state index in [4.69, 9.17) is 17.3 Å². The van der Waals surface area contributed by atoms with Crippen molar-refractivity contribution in [3.8, 4) is 0 Å². The van der Waals surface area contributed by atoms with Gasteiger partial charge in [0.05, 0.1) is 10.7 Å². The topological polar surface area (TPSA) is 82.2 Å². The van der Waals surface area contributed by atoms with Gasteiger partial charge in [0.1, 0.15) is 0 Å². The van der Waals surface area contributed by atoms with Gasteiger partial charge in [0.2, 0.25) is 0 Å². The number of nitrogens with two attached hydrogens (primary N) is 1. The van der Waals surface area contributed by atoms with E-state index in [-0.39, 0.29) is 6.02 Å². The number of para-hydroxylation sites is 1. The normalized spacial score (nSPS) is 17.5. The first kappa shape index (κ1) is 14.2. The second kappa shape index (κ2) is 5.57. The minimum absolute atomic E-state index is 0.347. The van der Waals surface area contributed by atoms with Crippen molar-refractivity contribution in [3.63, 3.8) is 0 Å². The van der Waals surface area contributed by atoms with Crippen LogP contribution in [-0.2, 0) is 0 Å². The van der Waals surface area contributed by atoms with Gasteiger partial charge in [0, 0.05) is 0 Å². The third-order valence-electron chi connectivity index (χ3n) is 3.32. The molecular weight excluding hydrogens is 304 g/mol. The molecule has 2 aromatic rings. The van der Waals surface area contributed by atoms with E-state index in [2.05, 4.69) is 5.10 Å². The molecule has 0 saturated heterocycles. The minimum atomic E-state index is -0.769. The van der Waals surface area contributed by atoms with Crippen LogP contribution in [0.3, 0.4) is 0 Å². The predicted octanol–water partition coefficient (Wildman–Crippen LogP) is 3.07. The molecule has 2 amide bonds. The van der Waals surface area contributed by atoms with Gasteiger partial charge in [-0.2, -0.15) is 5.01 Å². The third-order valence-corrected chi connectivity index (χ3v) is 3.64. The summed E-state index contributed by atoms with van der Waals surface area (Å²) < 4.78 is 0. The van der Waals surface area contributed by atoms with E-state index in [0.717, 1.165) is 10.6 Å². The number of amidine groups is 1. The Morgan fingerprint density at radius 2 is 1.77 bits per heavy atom. The molecule has 7 heteroatoms. The van der Waals surface area contributed by atoms with Gasteiger partial charge in [-0.25, -0.2) is 4.79 Å². The number of hydrazone groups is 1. The number of hydrogen-bond acceptors (Lipinski definition) is 3. The van der Waals surface area contributed by atoms with Gasteiger partial charge >= 0.3 is 12.1 Å². The van der Waals surface area contributed by atoms with Crippen molar-refractivity contribution in [3.05, 3.63) is 65.2 Å². The average Bonchev–Trinajstić information content (AvgIpc) is 2.86. The van der Waals surface area contributed by atoms with Crippen molar-refractivity contribution in [2.45, 2.75) is 6.17 Å². The molecule has 0 radical (unpaired) electrons. The molecule has 0 saturated carbocycles. The summed E-state index contributed by atoms with van der Waals surface area (Å²) in [5.41, 5.74) is 6.65. The molecule has 2 aromatic carbocycles. The van der Waals surface area contributed by atoms with E-state index < -0.39 is 12.2 Å². The van der Waals surface area contributed by atoms with Gasteiger partial charge in [0.15, 0.2) is 6.17 Å². The number of amides is 2. The quantitative estimate of drug-likeness (QED) is 0.893. The zero-order chi connectivity index (χ0) is 15.7. The SMILES string of the molecule is NC(=O)N1N=C(O)N(c2ccccc2Cl)C1c1ccccc1. The molecule has 0 aliphatic carbocycles. The Balaban J connectivity index is 2.13. The van der Waals surface area contributed by atoms with Crippen molar-refractivity contribution in [1.29, 1.82) is 0 Å². The molecule has 3 N–H and O–H groups in total. The number of nitrogens with zero attached hydrogens (tertiary/aromatic N) is 3. The van der Waals surface area contributed by atoms with Crippen molar-refractivity contribution < 1.29 is 9.90 Å². The molecule has 1 aliphatic rings. The fourth-order valence-corrected chi connectivity index (χ4v) is 2.62. The Hall–Kier alpha value is -2.73. The molecule has 0 spiro atoms. The summed E-state index contributed by atoms with van der Waals surface area (Å²) in [6, 6.07) is 15.0. The summed E-state index contributed by atoms with van der Waals surface area (Å²) in [4.78, 5) is 13.1. The molecule has 6 nitrogen and oxygen atoms in total. The van der Waals surface area contributed by atoms with Gasteiger partial charge in [-0.05, 0) is 17.7 Å². The second-order valence-electron chi connectivity index (χ2n) is 4.69. The summed E-state index contributed by atoms with van der Waals surface area (Å²) in [5, 5.41) is 15.5. The molecule has 1 atom stereocenters. The highest BCUT2D eigenvalue weighted by molar-refractivity contribution is 6.33. The second-order valence-corrected chi connectivity index (χ2v) is 5.10. The lowest BCUT2D eigenvalue weighted by Gasteiger charge is -2.29. The fourth-order valence-electron chi connectivity index (χ4n) is 2.39. The van der Waals surface area contributed by atoms with Crippen molar-refractivity contribution in [2.24, 2.45) is 10.8 Å². The molecule has 22 heavy (non-hydrogen) atoms. The highest BCUT2D eigenvalue weighted by Gasteiger charge is 2.39. The van der Waals surface area contributed by atoms with E-state index in [9.17, 15) is 9.90 Å². The monoisotopic (exact) mass is 316 g/mol. The van der Waals surface area contributed by atoms with Crippen LogP contribution in [0.2, 0.25) is 5.02 Å². The van der Waals surface area contributed by atoms with E-state index >= 15 is 0 Å². The first-order chi connectivity index (χ1) is 10.6. The first-order valence-corrected chi connectivity index (χ1v) is 6.92. The zero-order valence-corrected chi connectivity index (χ0v) is 12.2. The molecule has 0 aromatic heterocycles. The van der Waals surface area contributed by atoms with Crippen LogP contribution in [0.5, 0.6) is 0 Å². The Morgan fingerprint density at radius 1 is 1.14 bits per heavy atom. The van der Waals surface area contributed by atoms with Gasteiger partial charge in [-0.3, -0.25) is 4.90 Å². The maximum Gasteiger partial charge on any atom is 0.337 e. The maximum absolute atomic E-state index is 11.7. The zero-order valence-electron chi connectivity index (χ0n) is 11.4. The number of carbonyl (C=O) groups is 1. The maximum atomic E-state index is 11.7. The molecule has 1 aliphatic heterocycles. The molecule has 1 unspecified atom stereocenters. The summed E-state index contributed by atoms with van der Waals surface area (Å²) in [6.07, 6.45) is -0.696. The Morgan fingerprint density at radius 3 is 2.41 bits per heavy atom. The Bertz CT molecular complexity index is 735. The highest BCUT2D eigenvalue weighted by Crippen LogP contribution is 2.38. The minimum Gasteiger partial charge on any atom is -0.479 e. The van der Waals surface area contributed by atoms with E-state index in [1.165, 1.54) is 4.90 Å². The number of hydrogen-bond donors (Lipinski definition) is 2. The molecule has 1 heterocycles. The van der Waals surface area contributed by atoms with Crippen LogP contribution in [0.1, 0.15) is 11.7 Å². The number of primary amides is 1. The Labute approximate surface area is 132 Å². The number of aliphatic hydroxyl groups is 1. The summed E-state index contributed by atoms with van der Waals surface area (Å²) >= 11 is 6.21. The highest BCUT2D eigenvalue weighted by atomic mass is 35.5. The van der Waals surface area contributed by atoms with Crippen LogP contribution >= 0.6 is 11.6 Å². The number of urea groups is 1. The number of halogens is 1. The van der Waals surface area contributed by atoms with E-state index in [1.54, 1.807) is 24.3 Å². The molecular formula is C15H13ClN4O2. The number of aliphatic hydroxyl groups excluding tert-OH is 1. The van der Waals surface area contributed by atoms with Crippen LogP contribution < -0.4 is 10.6 Å². The predicted molar refractivity (Wildman–Crippen MR) is 84.6 cm³/mol. The molecule has 3 rings (SSSR count). The number of rotatable bonds is 2. The number of anilines is 1. The van der Waals surface area contributed by atoms with Crippen LogP contribution in [0.25, 0.3) is 0 Å². The summed E-state index contributed by atoms with van der Waals surface area (Å²) in [7, 11) is 0. The van der Waals surface area contributed by atoms with E-state index in [0.29, 0.717) is 10.7 Å². The summed E-state index contributed by atoms with van der Waals surface area (Å²) in [5.74, 6) is 0. The van der Waals surface area contributed by atoms with E-state index in [1.807, 2.05) is 30.3 Å². The molecule has 0 fully saturated rings.